The Bertz CT molecular complexity index is 799. The van der Waals surface area contributed by atoms with E-state index in [2.05, 4.69) is 36.4 Å². The summed E-state index contributed by atoms with van der Waals surface area (Å²) < 4.78 is 1.04. The van der Waals surface area contributed by atoms with Gasteiger partial charge < -0.3 is 0 Å². The van der Waals surface area contributed by atoms with Gasteiger partial charge in [-0.2, -0.15) is 5.10 Å². The van der Waals surface area contributed by atoms with Crippen molar-refractivity contribution in [2.24, 2.45) is 5.10 Å². The molecule has 1 N–H and O–H groups in total. The molecule has 0 amide bonds. The van der Waals surface area contributed by atoms with Gasteiger partial charge >= 0.3 is 0 Å². The summed E-state index contributed by atoms with van der Waals surface area (Å²) in [6.07, 6.45) is 3.53. The van der Waals surface area contributed by atoms with Crippen molar-refractivity contribution in [2.75, 3.05) is 5.43 Å². The predicted molar refractivity (Wildman–Crippen MR) is 95.3 cm³/mol. The largest absolute Gasteiger partial charge is 0.264 e. The molecule has 110 valence electrons. The first kappa shape index (κ1) is 14.9. The van der Waals surface area contributed by atoms with E-state index in [4.69, 9.17) is 0 Å². The van der Waals surface area contributed by atoms with Crippen LogP contribution in [0.5, 0.6) is 0 Å². The number of nitrogens with one attached hydrogen (secondary N) is 1. The second kappa shape index (κ2) is 6.81. The van der Waals surface area contributed by atoms with Gasteiger partial charge in [-0.05, 0) is 25.1 Å². The molecule has 0 aliphatic heterocycles. The van der Waals surface area contributed by atoms with Gasteiger partial charge in [-0.25, -0.2) is 4.98 Å². The van der Waals surface area contributed by atoms with E-state index in [-0.39, 0.29) is 0 Å². The number of nitrogens with zero attached hydrogens (tertiary/aromatic N) is 3. The second-order valence-electron chi connectivity index (χ2n) is 4.60. The Morgan fingerprint density at radius 2 is 2.18 bits per heavy atom. The molecular weight excluding hydrogens is 360 g/mol. The van der Waals surface area contributed by atoms with Gasteiger partial charge in [0.25, 0.3) is 0 Å². The summed E-state index contributed by atoms with van der Waals surface area (Å²) in [5, 5.41) is 7.13. The minimum absolute atomic E-state index is 0.762. The van der Waals surface area contributed by atoms with Crippen LogP contribution in [0.25, 0.3) is 11.3 Å². The fourth-order valence-corrected chi connectivity index (χ4v) is 2.94. The number of thiazole rings is 1. The van der Waals surface area contributed by atoms with Gasteiger partial charge in [0.05, 0.1) is 11.4 Å². The Morgan fingerprint density at radius 3 is 2.95 bits per heavy atom. The Kier molecular flexibility index (Phi) is 4.60. The van der Waals surface area contributed by atoms with Gasteiger partial charge in [-0.1, -0.05) is 34.1 Å². The van der Waals surface area contributed by atoms with Crippen molar-refractivity contribution in [3.8, 4) is 11.3 Å². The predicted octanol–water partition coefficient (Wildman–Crippen LogP) is 4.80. The Hall–Kier alpha value is -2.05. The van der Waals surface area contributed by atoms with Crippen LogP contribution in [-0.2, 0) is 0 Å². The number of benzene rings is 1. The molecule has 3 rings (SSSR count). The van der Waals surface area contributed by atoms with Gasteiger partial charge in [0, 0.05) is 33.4 Å². The maximum absolute atomic E-state index is 4.55. The second-order valence-corrected chi connectivity index (χ2v) is 6.37. The summed E-state index contributed by atoms with van der Waals surface area (Å²) in [5.74, 6) is 0. The first-order chi connectivity index (χ1) is 10.7. The lowest BCUT2D eigenvalue weighted by atomic mass is 10.2. The normalized spacial score (nSPS) is 11.5. The molecule has 2 heterocycles. The molecule has 22 heavy (non-hydrogen) atoms. The number of aromatic nitrogens is 2. The van der Waals surface area contributed by atoms with Gasteiger partial charge in [0.15, 0.2) is 0 Å². The van der Waals surface area contributed by atoms with Crippen LogP contribution < -0.4 is 5.43 Å². The van der Waals surface area contributed by atoms with E-state index in [0.717, 1.165) is 32.1 Å². The van der Waals surface area contributed by atoms with Crippen LogP contribution in [0.3, 0.4) is 0 Å². The third-order valence-corrected chi connectivity index (χ3v) is 4.26. The lowest BCUT2D eigenvalue weighted by Gasteiger charge is -2.00. The van der Waals surface area contributed by atoms with Crippen LogP contribution in [-0.4, -0.2) is 15.7 Å². The highest BCUT2D eigenvalue weighted by atomic mass is 79.9. The van der Waals surface area contributed by atoms with Crippen molar-refractivity contribution in [1.82, 2.24) is 9.97 Å². The molecule has 0 fully saturated rings. The molecule has 1 aromatic carbocycles. The number of rotatable bonds is 4. The maximum Gasteiger partial charge on any atom is 0.203 e. The first-order valence-electron chi connectivity index (χ1n) is 6.64. The van der Waals surface area contributed by atoms with Crippen molar-refractivity contribution >= 4 is 38.1 Å². The summed E-state index contributed by atoms with van der Waals surface area (Å²) in [6, 6.07) is 11.9. The molecule has 0 aliphatic rings. The van der Waals surface area contributed by atoms with E-state index in [9.17, 15) is 0 Å². The van der Waals surface area contributed by atoms with Crippen LogP contribution >= 0.6 is 27.3 Å². The van der Waals surface area contributed by atoms with Crippen molar-refractivity contribution in [2.45, 2.75) is 6.92 Å². The fraction of sp³-hybridized carbons (Fsp3) is 0.0625. The number of hydrazone groups is 1. The monoisotopic (exact) mass is 372 g/mol. The number of halogens is 1. The fourth-order valence-electron chi connectivity index (χ4n) is 1.88. The molecule has 0 aliphatic carbocycles. The number of anilines is 1. The highest BCUT2D eigenvalue weighted by Gasteiger charge is 2.05. The smallest absolute Gasteiger partial charge is 0.203 e. The summed E-state index contributed by atoms with van der Waals surface area (Å²) in [5.41, 5.74) is 6.87. The van der Waals surface area contributed by atoms with Crippen molar-refractivity contribution in [1.29, 1.82) is 0 Å². The molecule has 0 saturated heterocycles. The minimum Gasteiger partial charge on any atom is -0.264 e. The van der Waals surface area contributed by atoms with Crippen LogP contribution in [0, 0.1) is 0 Å². The third-order valence-electron chi connectivity index (χ3n) is 3.02. The Balaban J connectivity index is 1.75. The molecule has 0 bridgehead atoms. The van der Waals surface area contributed by atoms with E-state index < -0.39 is 0 Å². The standard InChI is InChI=1S/C16H13BrN4S/c1-11(13-5-3-7-18-9-13)20-21-16-19-15(10-22-16)12-4-2-6-14(17)8-12/h2-10H,1H3,(H,19,21)/b20-11+. The van der Waals surface area contributed by atoms with E-state index >= 15 is 0 Å². The minimum atomic E-state index is 0.762. The van der Waals surface area contributed by atoms with E-state index in [1.165, 1.54) is 11.3 Å². The lowest BCUT2D eigenvalue weighted by Crippen LogP contribution is -1.99. The van der Waals surface area contributed by atoms with E-state index in [1.807, 2.05) is 48.7 Å². The van der Waals surface area contributed by atoms with Crippen LogP contribution in [0.2, 0.25) is 0 Å². The molecule has 2 aromatic heterocycles. The molecular formula is C16H13BrN4S. The number of hydrogen-bond donors (Lipinski definition) is 1. The van der Waals surface area contributed by atoms with Crippen LogP contribution in [0.15, 0.2) is 63.7 Å². The van der Waals surface area contributed by atoms with Gasteiger partial charge in [0.2, 0.25) is 5.13 Å². The van der Waals surface area contributed by atoms with Crippen LogP contribution in [0.1, 0.15) is 12.5 Å². The average molecular weight is 373 g/mol. The molecule has 0 atom stereocenters. The van der Waals surface area contributed by atoms with Gasteiger partial charge in [-0.15, -0.1) is 11.3 Å². The Morgan fingerprint density at radius 1 is 1.27 bits per heavy atom. The van der Waals surface area contributed by atoms with Crippen LogP contribution in [0.4, 0.5) is 5.13 Å². The average Bonchev–Trinajstić information content (AvgIpc) is 3.02. The molecule has 0 spiro atoms. The molecule has 3 aromatic rings. The molecule has 0 unspecified atom stereocenters. The Labute approximate surface area is 141 Å². The number of hydrogen-bond acceptors (Lipinski definition) is 5. The summed E-state index contributed by atoms with van der Waals surface area (Å²) in [7, 11) is 0. The lowest BCUT2D eigenvalue weighted by molar-refractivity contribution is 1.26. The SMILES string of the molecule is C/C(=N\Nc1nc(-c2cccc(Br)c2)cs1)c1cccnc1. The van der Waals surface area contributed by atoms with Crippen molar-refractivity contribution in [3.63, 3.8) is 0 Å². The van der Waals surface area contributed by atoms with Gasteiger partial charge in [0.1, 0.15) is 0 Å². The molecule has 0 radical (unpaired) electrons. The van der Waals surface area contributed by atoms with Crippen molar-refractivity contribution < 1.29 is 0 Å². The highest BCUT2D eigenvalue weighted by molar-refractivity contribution is 9.10. The molecule has 6 heteroatoms. The van der Waals surface area contributed by atoms with Crippen molar-refractivity contribution in [3.05, 3.63) is 64.2 Å². The third kappa shape index (κ3) is 3.58. The summed E-state index contributed by atoms with van der Waals surface area (Å²) in [6.45, 7) is 1.94. The highest BCUT2D eigenvalue weighted by Crippen LogP contribution is 2.26. The summed E-state index contributed by atoms with van der Waals surface area (Å²) in [4.78, 5) is 8.64. The summed E-state index contributed by atoms with van der Waals surface area (Å²) >= 11 is 5.00. The first-order valence-corrected chi connectivity index (χ1v) is 8.32. The topological polar surface area (TPSA) is 50.2 Å². The zero-order valence-electron chi connectivity index (χ0n) is 11.8. The zero-order chi connectivity index (χ0) is 15.4. The molecule has 0 saturated carbocycles. The maximum atomic E-state index is 4.55. The van der Waals surface area contributed by atoms with Gasteiger partial charge in [-0.3, -0.25) is 10.4 Å². The quantitative estimate of drug-likeness (QED) is 0.528. The zero-order valence-corrected chi connectivity index (χ0v) is 14.2. The number of pyridine rings is 1. The molecule has 4 nitrogen and oxygen atoms in total. The van der Waals surface area contributed by atoms with E-state index in [0.29, 0.717) is 0 Å². The van der Waals surface area contributed by atoms with E-state index in [1.54, 1.807) is 12.4 Å².